The number of hydrogen-bond acceptors (Lipinski definition) is 5. The van der Waals surface area contributed by atoms with Crippen molar-refractivity contribution in [2.75, 3.05) is 16.7 Å². The first kappa shape index (κ1) is 22.1. The highest BCUT2D eigenvalue weighted by atomic mass is 32.2. The number of aromatic nitrogens is 2. The van der Waals surface area contributed by atoms with Crippen LogP contribution in [0.2, 0.25) is 0 Å². The number of carbonyl (C=O) groups excluding carboxylic acids is 1. The minimum absolute atomic E-state index is 0.0747. The molecule has 0 radical (unpaired) electrons. The monoisotopic (exact) mass is 462 g/mol. The van der Waals surface area contributed by atoms with Gasteiger partial charge in [0.25, 0.3) is 15.9 Å². The van der Waals surface area contributed by atoms with Crippen molar-refractivity contribution in [3.8, 4) is 17.0 Å². The summed E-state index contributed by atoms with van der Waals surface area (Å²) in [7, 11) is -2.26. The number of amides is 1. The summed E-state index contributed by atoms with van der Waals surface area (Å²) < 4.78 is 27.0. The van der Waals surface area contributed by atoms with Crippen LogP contribution in [0.4, 0.5) is 11.4 Å². The zero-order chi connectivity index (χ0) is 23.6. The molecule has 0 aliphatic carbocycles. The van der Waals surface area contributed by atoms with Crippen LogP contribution in [0.3, 0.4) is 0 Å². The Morgan fingerprint density at radius 2 is 1.70 bits per heavy atom. The van der Waals surface area contributed by atoms with Gasteiger partial charge in [-0.2, -0.15) is 5.10 Å². The molecule has 4 aromatic rings. The maximum Gasteiger partial charge on any atom is 0.273 e. The van der Waals surface area contributed by atoms with Crippen LogP contribution in [0.15, 0.2) is 83.8 Å². The van der Waals surface area contributed by atoms with Gasteiger partial charge in [0.2, 0.25) is 0 Å². The van der Waals surface area contributed by atoms with Crippen molar-refractivity contribution in [2.45, 2.75) is 11.8 Å². The third kappa shape index (κ3) is 4.58. The van der Waals surface area contributed by atoms with Gasteiger partial charge in [-0.3, -0.25) is 14.2 Å². The fourth-order valence-corrected chi connectivity index (χ4v) is 4.47. The standard InChI is InChI=1S/C24H22N4O4S/c1-16-8-13-20(23(29)14-16)21-15-22(27-26-21)24(30)25-17-9-11-19(12-10-17)33(31,32)28(2)18-6-4-3-5-7-18/h3-15,29H,1-2H3,(H,25,30)(H,26,27). The Balaban J connectivity index is 1.48. The summed E-state index contributed by atoms with van der Waals surface area (Å²) in [4.78, 5) is 12.7. The van der Waals surface area contributed by atoms with E-state index in [1.165, 1.54) is 41.7 Å². The number of aromatic amines is 1. The van der Waals surface area contributed by atoms with Crippen LogP contribution in [0.1, 0.15) is 16.1 Å². The summed E-state index contributed by atoms with van der Waals surface area (Å²) in [6, 6.07) is 21.4. The van der Waals surface area contributed by atoms with Crippen LogP contribution in [0.5, 0.6) is 5.75 Å². The minimum Gasteiger partial charge on any atom is -0.507 e. The van der Waals surface area contributed by atoms with Gasteiger partial charge in [-0.15, -0.1) is 0 Å². The van der Waals surface area contributed by atoms with Gasteiger partial charge in [-0.1, -0.05) is 24.3 Å². The number of sulfonamides is 1. The summed E-state index contributed by atoms with van der Waals surface area (Å²) in [5, 5.41) is 19.6. The molecule has 0 aliphatic rings. The predicted molar refractivity (Wildman–Crippen MR) is 127 cm³/mol. The zero-order valence-electron chi connectivity index (χ0n) is 18.0. The van der Waals surface area contributed by atoms with Crippen LogP contribution in [-0.4, -0.2) is 36.7 Å². The van der Waals surface area contributed by atoms with E-state index in [2.05, 4.69) is 15.5 Å². The highest BCUT2D eigenvalue weighted by molar-refractivity contribution is 7.92. The molecule has 0 atom stereocenters. The molecule has 3 N–H and O–H groups in total. The average Bonchev–Trinajstić information content (AvgIpc) is 3.29. The third-order valence-electron chi connectivity index (χ3n) is 5.14. The number of aryl methyl sites for hydroxylation is 1. The van der Waals surface area contributed by atoms with Crippen molar-refractivity contribution >= 4 is 27.3 Å². The number of anilines is 2. The van der Waals surface area contributed by atoms with Gasteiger partial charge in [-0.25, -0.2) is 8.42 Å². The molecule has 0 saturated heterocycles. The number of rotatable bonds is 6. The van der Waals surface area contributed by atoms with E-state index >= 15 is 0 Å². The van der Waals surface area contributed by atoms with E-state index < -0.39 is 15.9 Å². The Kier molecular flexibility index (Phi) is 5.89. The van der Waals surface area contributed by atoms with Crippen molar-refractivity contribution in [3.63, 3.8) is 0 Å². The van der Waals surface area contributed by atoms with Gasteiger partial charge in [-0.05, 0) is 67.1 Å². The molecule has 0 aliphatic heterocycles. The molecule has 1 amide bonds. The van der Waals surface area contributed by atoms with Crippen molar-refractivity contribution < 1.29 is 18.3 Å². The molecular formula is C24H22N4O4S. The van der Waals surface area contributed by atoms with Gasteiger partial charge in [0.1, 0.15) is 11.4 Å². The minimum atomic E-state index is -3.74. The van der Waals surface area contributed by atoms with Gasteiger partial charge in [0.05, 0.1) is 16.3 Å². The van der Waals surface area contributed by atoms with Gasteiger partial charge < -0.3 is 10.4 Å². The molecule has 33 heavy (non-hydrogen) atoms. The molecular weight excluding hydrogens is 440 g/mol. The van der Waals surface area contributed by atoms with Crippen LogP contribution in [0, 0.1) is 6.92 Å². The van der Waals surface area contributed by atoms with Crippen LogP contribution in [0.25, 0.3) is 11.3 Å². The first-order valence-corrected chi connectivity index (χ1v) is 11.5. The summed E-state index contributed by atoms with van der Waals surface area (Å²) in [5.41, 5.74) is 3.02. The second-order valence-electron chi connectivity index (χ2n) is 7.47. The van der Waals surface area contributed by atoms with E-state index in [1.807, 2.05) is 19.1 Å². The van der Waals surface area contributed by atoms with Crippen LogP contribution < -0.4 is 9.62 Å². The van der Waals surface area contributed by atoms with Gasteiger partial charge >= 0.3 is 0 Å². The van der Waals surface area contributed by atoms with E-state index in [0.717, 1.165) is 5.56 Å². The zero-order valence-corrected chi connectivity index (χ0v) is 18.8. The van der Waals surface area contributed by atoms with Crippen molar-refractivity contribution in [1.82, 2.24) is 10.2 Å². The lowest BCUT2D eigenvalue weighted by Crippen LogP contribution is -2.26. The SMILES string of the molecule is Cc1ccc(-c2cc(C(=O)Nc3ccc(S(=O)(=O)N(C)c4ccccc4)cc3)[nH]n2)c(O)c1. The number of carbonyl (C=O) groups is 1. The van der Waals surface area contributed by atoms with Crippen molar-refractivity contribution in [2.24, 2.45) is 0 Å². The average molecular weight is 463 g/mol. The van der Waals surface area contributed by atoms with Crippen molar-refractivity contribution in [1.29, 1.82) is 0 Å². The third-order valence-corrected chi connectivity index (χ3v) is 6.94. The molecule has 0 spiro atoms. The Morgan fingerprint density at radius 3 is 2.36 bits per heavy atom. The first-order valence-electron chi connectivity index (χ1n) is 10.1. The van der Waals surface area contributed by atoms with E-state index in [9.17, 15) is 18.3 Å². The molecule has 3 aromatic carbocycles. The quantitative estimate of drug-likeness (QED) is 0.398. The fourth-order valence-electron chi connectivity index (χ4n) is 3.28. The predicted octanol–water partition coefficient (Wildman–Crippen LogP) is 4.17. The number of hydrogen-bond donors (Lipinski definition) is 3. The normalized spacial score (nSPS) is 11.2. The molecule has 8 nitrogen and oxygen atoms in total. The maximum atomic E-state index is 12.9. The topological polar surface area (TPSA) is 115 Å². The molecule has 168 valence electrons. The van der Waals surface area contributed by atoms with Gasteiger partial charge in [0.15, 0.2) is 0 Å². The molecule has 1 aromatic heterocycles. The number of aromatic hydroxyl groups is 1. The number of para-hydroxylation sites is 1. The number of phenolic OH excluding ortho intramolecular Hbond substituents is 1. The Bertz CT molecular complexity index is 1400. The lowest BCUT2D eigenvalue weighted by molar-refractivity contribution is 0.102. The molecule has 0 fully saturated rings. The van der Waals surface area contributed by atoms with Crippen LogP contribution in [-0.2, 0) is 10.0 Å². The summed E-state index contributed by atoms with van der Waals surface area (Å²) >= 11 is 0. The summed E-state index contributed by atoms with van der Waals surface area (Å²) in [6.45, 7) is 1.86. The molecule has 9 heteroatoms. The summed E-state index contributed by atoms with van der Waals surface area (Å²) in [6.07, 6.45) is 0. The Morgan fingerprint density at radius 1 is 1.00 bits per heavy atom. The second-order valence-corrected chi connectivity index (χ2v) is 9.44. The largest absolute Gasteiger partial charge is 0.507 e. The van der Waals surface area contributed by atoms with Gasteiger partial charge in [0, 0.05) is 18.3 Å². The molecule has 0 bridgehead atoms. The van der Waals surface area contributed by atoms with E-state index in [-0.39, 0.29) is 16.3 Å². The lowest BCUT2D eigenvalue weighted by Gasteiger charge is -2.19. The molecule has 0 unspecified atom stereocenters. The molecule has 1 heterocycles. The highest BCUT2D eigenvalue weighted by Gasteiger charge is 2.21. The Labute approximate surface area is 191 Å². The number of H-pyrrole nitrogens is 1. The number of benzene rings is 3. The molecule has 0 saturated carbocycles. The second kappa shape index (κ2) is 8.79. The van der Waals surface area contributed by atoms with E-state index in [1.54, 1.807) is 36.4 Å². The van der Waals surface area contributed by atoms with Crippen LogP contribution >= 0.6 is 0 Å². The Hall–Kier alpha value is -4.11. The van der Waals surface area contributed by atoms with E-state index in [4.69, 9.17) is 0 Å². The lowest BCUT2D eigenvalue weighted by atomic mass is 10.1. The number of phenols is 1. The smallest absolute Gasteiger partial charge is 0.273 e. The van der Waals surface area contributed by atoms with Crippen molar-refractivity contribution in [3.05, 3.63) is 90.1 Å². The van der Waals surface area contributed by atoms with E-state index in [0.29, 0.717) is 22.6 Å². The number of nitrogens with one attached hydrogen (secondary N) is 2. The highest BCUT2D eigenvalue weighted by Crippen LogP contribution is 2.29. The molecule has 4 rings (SSSR count). The maximum absolute atomic E-state index is 12.9. The fraction of sp³-hybridized carbons (Fsp3) is 0.0833. The summed E-state index contributed by atoms with van der Waals surface area (Å²) in [5.74, 6) is -0.372. The first-order chi connectivity index (χ1) is 15.8. The number of nitrogens with zero attached hydrogens (tertiary/aromatic N) is 2.